The second-order valence-corrected chi connectivity index (χ2v) is 7.64. The normalized spacial score (nSPS) is 15.9. The third-order valence-electron chi connectivity index (χ3n) is 4.85. The summed E-state index contributed by atoms with van der Waals surface area (Å²) in [5.41, 5.74) is 0.442. The van der Waals surface area contributed by atoms with E-state index >= 15 is 0 Å². The highest BCUT2D eigenvalue weighted by molar-refractivity contribution is 14.0. The molecule has 166 valence electrons. The molecule has 0 aromatic carbocycles. The molecule has 2 aromatic heterocycles. The Labute approximate surface area is 198 Å². The number of furan rings is 1. The fourth-order valence-electron chi connectivity index (χ4n) is 3.31. The van der Waals surface area contributed by atoms with E-state index in [0.717, 1.165) is 32.8 Å². The molecular formula is C20H29IN4O4S. The zero-order valence-corrected chi connectivity index (χ0v) is 20.6. The number of ether oxygens (including phenoxy) is 2. The van der Waals surface area contributed by atoms with Crippen molar-refractivity contribution >= 4 is 47.2 Å². The largest absolute Gasteiger partial charge is 0.465 e. The number of aliphatic imine (C=N–C) groups is 1. The minimum absolute atomic E-state index is 0. The first-order valence-electron chi connectivity index (χ1n) is 9.59. The van der Waals surface area contributed by atoms with Crippen molar-refractivity contribution in [2.24, 2.45) is 4.99 Å². The van der Waals surface area contributed by atoms with Gasteiger partial charge in [0.15, 0.2) is 5.96 Å². The van der Waals surface area contributed by atoms with E-state index in [2.05, 4.69) is 38.0 Å². The Morgan fingerprint density at radius 1 is 1.37 bits per heavy atom. The van der Waals surface area contributed by atoms with Crippen molar-refractivity contribution in [3.05, 3.63) is 45.5 Å². The molecule has 1 aliphatic heterocycles. The van der Waals surface area contributed by atoms with Gasteiger partial charge < -0.3 is 24.5 Å². The number of nitrogens with zero attached hydrogens (tertiary/aromatic N) is 2. The van der Waals surface area contributed by atoms with E-state index in [-0.39, 0.29) is 30.0 Å². The lowest BCUT2D eigenvalue weighted by Gasteiger charge is -2.34. The molecule has 0 radical (unpaired) electrons. The van der Waals surface area contributed by atoms with Crippen LogP contribution in [0.5, 0.6) is 0 Å². The van der Waals surface area contributed by atoms with E-state index in [9.17, 15) is 4.79 Å². The number of halogens is 1. The van der Waals surface area contributed by atoms with Gasteiger partial charge in [0.1, 0.15) is 17.1 Å². The van der Waals surface area contributed by atoms with Crippen LogP contribution in [0.4, 0.5) is 0 Å². The molecule has 1 saturated heterocycles. The van der Waals surface area contributed by atoms with Crippen molar-refractivity contribution in [1.29, 1.82) is 0 Å². The summed E-state index contributed by atoms with van der Waals surface area (Å²) >= 11 is 1.76. The topological polar surface area (TPSA) is 88.3 Å². The fourth-order valence-corrected chi connectivity index (χ4v) is 4.17. The van der Waals surface area contributed by atoms with Gasteiger partial charge in [0.05, 0.1) is 32.9 Å². The van der Waals surface area contributed by atoms with Crippen molar-refractivity contribution in [3.8, 4) is 0 Å². The molecular weight excluding hydrogens is 519 g/mol. The minimum Gasteiger partial charge on any atom is -0.465 e. The number of aryl methyl sites for hydroxylation is 1. The Kier molecular flexibility index (Phi) is 10.1. The maximum absolute atomic E-state index is 11.7. The predicted molar refractivity (Wildman–Crippen MR) is 128 cm³/mol. The van der Waals surface area contributed by atoms with Crippen molar-refractivity contribution in [2.45, 2.75) is 19.5 Å². The number of thiophene rings is 1. The molecule has 3 heterocycles. The van der Waals surface area contributed by atoms with Crippen LogP contribution in [0.3, 0.4) is 0 Å². The van der Waals surface area contributed by atoms with Crippen molar-refractivity contribution in [3.63, 3.8) is 0 Å². The summed E-state index contributed by atoms with van der Waals surface area (Å²) in [6.45, 7) is 6.24. The van der Waals surface area contributed by atoms with E-state index in [4.69, 9.17) is 13.9 Å². The number of hydrogen-bond donors (Lipinski definition) is 2. The van der Waals surface area contributed by atoms with Crippen LogP contribution in [-0.4, -0.2) is 63.8 Å². The number of rotatable bonds is 7. The van der Waals surface area contributed by atoms with Crippen LogP contribution in [0, 0.1) is 6.92 Å². The Balaban J connectivity index is 0.00000320. The van der Waals surface area contributed by atoms with E-state index in [0.29, 0.717) is 29.6 Å². The number of nitrogens with one attached hydrogen (secondary N) is 2. The first-order valence-corrected chi connectivity index (χ1v) is 10.5. The Hall–Kier alpha value is -1.63. The van der Waals surface area contributed by atoms with Gasteiger partial charge in [-0.3, -0.25) is 9.89 Å². The molecule has 1 aliphatic rings. The molecule has 0 aliphatic carbocycles. The molecule has 0 amide bonds. The molecule has 1 fully saturated rings. The molecule has 0 bridgehead atoms. The van der Waals surface area contributed by atoms with Gasteiger partial charge in [-0.2, -0.15) is 0 Å². The molecule has 0 spiro atoms. The molecule has 10 heteroatoms. The number of guanidine groups is 1. The summed E-state index contributed by atoms with van der Waals surface area (Å²) in [6.07, 6.45) is 0. The molecule has 2 N–H and O–H groups in total. The first-order chi connectivity index (χ1) is 14.1. The van der Waals surface area contributed by atoms with Gasteiger partial charge in [0.25, 0.3) is 0 Å². The van der Waals surface area contributed by atoms with E-state index in [1.807, 2.05) is 0 Å². The van der Waals surface area contributed by atoms with Gasteiger partial charge in [-0.25, -0.2) is 4.79 Å². The molecule has 1 atom stereocenters. The Morgan fingerprint density at radius 3 is 2.77 bits per heavy atom. The quantitative estimate of drug-likeness (QED) is 0.238. The van der Waals surface area contributed by atoms with Crippen LogP contribution in [-0.2, 0) is 16.0 Å². The van der Waals surface area contributed by atoms with Gasteiger partial charge in [-0.15, -0.1) is 35.3 Å². The van der Waals surface area contributed by atoms with Crippen LogP contribution >= 0.6 is 35.3 Å². The number of morpholine rings is 1. The highest BCUT2D eigenvalue weighted by atomic mass is 127. The maximum Gasteiger partial charge on any atom is 0.341 e. The van der Waals surface area contributed by atoms with Crippen molar-refractivity contribution < 1.29 is 18.7 Å². The van der Waals surface area contributed by atoms with Gasteiger partial charge in [0.2, 0.25) is 0 Å². The Morgan fingerprint density at radius 2 is 2.13 bits per heavy atom. The van der Waals surface area contributed by atoms with Crippen molar-refractivity contribution in [1.82, 2.24) is 15.5 Å². The molecule has 2 aromatic rings. The molecule has 8 nitrogen and oxygen atoms in total. The van der Waals surface area contributed by atoms with Gasteiger partial charge in [-0.1, -0.05) is 6.07 Å². The minimum atomic E-state index is -0.399. The van der Waals surface area contributed by atoms with E-state index in [1.54, 1.807) is 31.4 Å². The summed E-state index contributed by atoms with van der Waals surface area (Å²) in [4.78, 5) is 19.8. The lowest BCUT2D eigenvalue weighted by molar-refractivity contribution is 0.0177. The average Bonchev–Trinajstić information content (AvgIpc) is 3.40. The number of carbonyl (C=O) groups excluding carboxylic acids is 1. The summed E-state index contributed by atoms with van der Waals surface area (Å²) in [6, 6.07) is 6.21. The molecule has 1 unspecified atom stereocenters. The monoisotopic (exact) mass is 548 g/mol. The van der Waals surface area contributed by atoms with Crippen LogP contribution in [0.25, 0.3) is 0 Å². The fraction of sp³-hybridized carbons (Fsp3) is 0.500. The highest BCUT2D eigenvalue weighted by Crippen LogP contribution is 2.25. The van der Waals surface area contributed by atoms with Gasteiger partial charge >= 0.3 is 5.97 Å². The molecule has 30 heavy (non-hydrogen) atoms. The number of esters is 1. The number of carbonyl (C=O) groups is 1. The smallest absolute Gasteiger partial charge is 0.341 e. The summed E-state index contributed by atoms with van der Waals surface area (Å²) in [7, 11) is 3.09. The van der Waals surface area contributed by atoms with Crippen LogP contribution < -0.4 is 10.6 Å². The van der Waals surface area contributed by atoms with Crippen LogP contribution in [0.2, 0.25) is 0 Å². The first kappa shape index (κ1) is 24.6. The zero-order valence-electron chi connectivity index (χ0n) is 17.5. The third-order valence-corrected chi connectivity index (χ3v) is 5.82. The predicted octanol–water partition coefficient (Wildman–Crippen LogP) is 2.79. The lowest BCUT2D eigenvalue weighted by atomic mass is 10.2. The SMILES string of the molecule is CN=C(NCc1cc(C(=O)OC)c(C)o1)NCC(c1cccs1)N1CCOCC1.I. The highest BCUT2D eigenvalue weighted by Gasteiger charge is 2.23. The summed E-state index contributed by atoms with van der Waals surface area (Å²) in [5.74, 6) is 1.47. The second-order valence-electron chi connectivity index (χ2n) is 6.66. The summed E-state index contributed by atoms with van der Waals surface area (Å²) < 4.78 is 15.9. The maximum atomic E-state index is 11.7. The van der Waals surface area contributed by atoms with Gasteiger partial charge in [0, 0.05) is 31.6 Å². The lowest BCUT2D eigenvalue weighted by Crippen LogP contribution is -2.46. The van der Waals surface area contributed by atoms with E-state index in [1.165, 1.54) is 12.0 Å². The second kappa shape index (κ2) is 12.3. The van der Waals surface area contributed by atoms with Crippen LogP contribution in [0.1, 0.15) is 32.8 Å². The standard InChI is InChI=1S/C20H28N4O4S.HI/c1-14-16(19(25)26-3)11-15(28-14)12-22-20(21-2)23-13-17(18-5-4-10-29-18)24-6-8-27-9-7-24;/h4-5,10-11,17H,6-9,12-13H2,1-3H3,(H2,21,22,23);1H. The van der Waals surface area contributed by atoms with Gasteiger partial charge in [-0.05, 0) is 24.4 Å². The molecule has 3 rings (SSSR count). The van der Waals surface area contributed by atoms with Crippen LogP contribution in [0.15, 0.2) is 33.0 Å². The number of hydrogen-bond acceptors (Lipinski definition) is 7. The van der Waals surface area contributed by atoms with Crippen molar-refractivity contribution in [2.75, 3.05) is 47.0 Å². The van der Waals surface area contributed by atoms with E-state index < -0.39 is 5.97 Å². The molecule has 0 saturated carbocycles. The third kappa shape index (κ3) is 6.43. The zero-order chi connectivity index (χ0) is 20.6. The summed E-state index contributed by atoms with van der Waals surface area (Å²) in [5, 5.41) is 8.76. The average molecular weight is 548 g/mol. The number of methoxy groups -OCH3 is 1. The Bertz CT molecular complexity index is 819.